The Hall–Kier alpha value is -7.66. The van der Waals surface area contributed by atoms with E-state index in [9.17, 15) is 10.5 Å². The predicted molar refractivity (Wildman–Crippen MR) is 263 cm³/mol. The summed E-state index contributed by atoms with van der Waals surface area (Å²) >= 11 is 0. The first kappa shape index (κ1) is 40.7. The van der Waals surface area contributed by atoms with Crippen LogP contribution in [0.4, 0.5) is 22.7 Å². The standard InChI is InChI=1S/C59H50N4/c1-7-9-13-44(8-2)62(46-24-18-42(38-60)19-25-46)48-28-32-52-50-30-22-40(34-54(50)58(3,4)56(52)36-48)16-17-41-23-31-51-53-33-29-49(37-57(53)59(5,6)55(51)35-41)63(45-14-11-10-12-15-45)47-26-20-43(39-61)21-27-47/h7-18,20-37,42H,1,19H2,2-6H3/b13-9-,17-16+,44-8+. The lowest BCUT2D eigenvalue weighted by Crippen LogP contribution is -2.22. The Morgan fingerprint density at radius 1 is 0.651 bits per heavy atom. The molecule has 0 aliphatic heterocycles. The van der Waals surface area contributed by atoms with Crippen molar-refractivity contribution in [2.45, 2.75) is 51.9 Å². The zero-order valence-corrected chi connectivity index (χ0v) is 36.6. The zero-order chi connectivity index (χ0) is 43.9. The van der Waals surface area contributed by atoms with Crippen LogP contribution in [0.3, 0.4) is 0 Å². The van der Waals surface area contributed by atoms with Crippen LogP contribution in [0.25, 0.3) is 34.4 Å². The molecule has 6 aromatic carbocycles. The Labute approximate surface area is 372 Å². The molecule has 0 saturated heterocycles. The van der Waals surface area contributed by atoms with Gasteiger partial charge < -0.3 is 9.80 Å². The molecule has 0 N–H and O–H groups in total. The largest absolute Gasteiger partial charge is 0.311 e. The number of nitrogens with zero attached hydrogens (tertiary/aromatic N) is 4. The van der Waals surface area contributed by atoms with Crippen LogP contribution in [-0.4, -0.2) is 0 Å². The van der Waals surface area contributed by atoms with Gasteiger partial charge in [0.1, 0.15) is 0 Å². The fraction of sp³-hybridized carbons (Fsp3) is 0.153. The van der Waals surface area contributed by atoms with E-state index in [1.54, 1.807) is 6.08 Å². The van der Waals surface area contributed by atoms with Crippen LogP contribution in [0, 0.1) is 28.6 Å². The van der Waals surface area contributed by atoms with Crippen molar-refractivity contribution in [3.05, 3.63) is 227 Å². The Kier molecular flexibility index (Phi) is 10.5. The first-order valence-corrected chi connectivity index (χ1v) is 21.7. The minimum absolute atomic E-state index is 0.106. The summed E-state index contributed by atoms with van der Waals surface area (Å²) in [5, 5.41) is 19.0. The molecule has 1 unspecified atom stereocenters. The third kappa shape index (κ3) is 7.25. The lowest BCUT2D eigenvalue weighted by molar-refractivity contribution is 0.660. The van der Waals surface area contributed by atoms with Crippen molar-refractivity contribution >= 4 is 34.9 Å². The van der Waals surface area contributed by atoms with E-state index < -0.39 is 0 Å². The molecule has 0 aromatic heterocycles. The Morgan fingerprint density at radius 2 is 1.17 bits per heavy atom. The van der Waals surface area contributed by atoms with E-state index in [0.29, 0.717) is 12.0 Å². The van der Waals surface area contributed by atoms with E-state index in [1.807, 2.05) is 42.5 Å². The molecule has 306 valence electrons. The van der Waals surface area contributed by atoms with Crippen LogP contribution in [0.5, 0.6) is 0 Å². The van der Waals surface area contributed by atoms with Gasteiger partial charge in [0.25, 0.3) is 0 Å². The molecule has 0 spiro atoms. The molecular formula is C59H50N4. The minimum atomic E-state index is -0.218. The van der Waals surface area contributed by atoms with Crippen molar-refractivity contribution in [1.82, 2.24) is 0 Å². The number of para-hydroxylation sites is 1. The van der Waals surface area contributed by atoms with Gasteiger partial charge in [-0.05, 0) is 142 Å². The molecule has 0 radical (unpaired) electrons. The molecule has 9 rings (SSSR count). The molecule has 0 bridgehead atoms. The Bertz CT molecular complexity index is 3030. The Morgan fingerprint density at radius 3 is 1.70 bits per heavy atom. The summed E-state index contributed by atoms with van der Waals surface area (Å²) in [6.45, 7) is 15.3. The number of rotatable bonds is 10. The van der Waals surface area contributed by atoms with E-state index >= 15 is 0 Å². The quantitative estimate of drug-likeness (QED) is 0.102. The summed E-state index contributed by atoms with van der Waals surface area (Å²) in [6.07, 6.45) is 19.4. The third-order valence-electron chi connectivity index (χ3n) is 13.1. The van der Waals surface area contributed by atoms with Gasteiger partial charge in [-0.15, -0.1) is 0 Å². The summed E-state index contributed by atoms with van der Waals surface area (Å²) in [5.74, 6) is -0.106. The number of allylic oxidation sites excluding steroid dienone is 7. The molecule has 6 aromatic rings. The average molecular weight is 815 g/mol. The highest BCUT2D eigenvalue weighted by Gasteiger charge is 2.38. The monoisotopic (exact) mass is 814 g/mol. The molecule has 0 saturated carbocycles. The van der Waals surface area contributed by atoms with Crippen LogP contribution >= 0.6 is 0 Å². The van der Waals surface area contributed by atoms with Gasteiger partial charge in [-0.2, -0.15) is 10.5 Å². The minimum Gasteiger partial charge on any atom is -0.311 e. The fourth-order valence-electron chi connectivity index (χ4n) is 9.66. The lowest BCUT2D eigenvalue weighted by Gasteiger charge is -2.30. The number of fused-ring (bicyclic) bond motifs is 6. The van der Waals surface area contributed by atoms with Gasteiger partial charge in [0.15, 0.2) is 0 Å². The number of nitriles is 2. The second-order valence-corrected chi connectivity index (χ2v) is 17.6. The average Bonchev–Trinajstić information content (AvgIpc) is 3.68. The maximum absolute atomic E-state index is 9.55. The molecule has 4 nitrogen and oxygen atoms in total. The summed E-state index contributed by atoms with van der Waals surface area (Å²) in [7, 11) is 0. The summed E-state index contributed by atoms with van der Waals surface area (Å²) in [6, 6.07) is 50.3. The van der Waals surface area contributed by atoms with Crippen LogP contribution in [0.1, 0.15) is 80.0 Å². The first-order chi connectivity index (χ1) is 30.5. The SMILES string of the molecule is C=C/C=C\C(=C/C)N(C1=CCC(C#N)C=C1)c1ccc2c(c1)C(C)(C)c1cc(/C=C/c3ccc4c(c3)C(C)(C)c3cc(N(c5ccccc5)c5ccc(C#N)cc5)ccc3-4)ccc1-2. The first-order valence-electron chi connectivity index (χ1n) is 21.7. The second kappa shape index (κ2) is 16.3. The predicted octanol–water partition coefficient (Wildman–Crippen LogP) is 15.2. The second-order valence-electron chi connectivity index (χ2n) is 17.6. The smallest absolute Gasteiger partial charge is 0.0991 e. The van der Waals surface area contributed by atoms with Crippen molar-refractivity contribution in [1.29, 1.82) is 10.5 Å². The molecule has 0 heterocycles. The highest BCUT2D eigenvalue weighted by molar-refractivity contribution is 5.88. The summed E-state index contributed by atoms with van der Waals surface area (Å²) < 4.78 is 0. The van der Waals surface area contributed by atoms with Crippen molar-refractivity contribution < 1.29 is 0 Å². The lowest BCUT2D eigenvalue weighted by atomic mass is 9.81. The Balaban J connectivity index is 0.998. The van der Waals surface area contributed by atoms with E-state index in [1.165, 1.54) is 55.6 Å². The van der Waals surface area contributed by atoms with Crippen LogP contribution in [0.15, 0.2) is 188 Å². The summed E-state index contributed by atoms with van der Waals surface area (Å²) in [4.78, 5) is 4.55. The number of anilines is 4. The maximum Gasteiger partial charge on any atom is 0.0991 e. The van der Waals surface area contributed by atoms with Crippen molar-refractivity contribution in [3.63, 3.8) is 0 Å². The summed E-state index contributed by atoms with van der Waals surface area (Å²) in [5.41, 5.74) is 19.2. The van der Waals surface area contributed by atoms with E-state index in [2.05, 4.69) is 197 Å². The zero-order valence-electron chi connectivity index (χ0n) is 36.6. The molecule has 1 atom stereocenters. The van der Waals surface area contributed by atoms with Gasteiger partial charge in [-0.25, -0.2) is 0 Å². The highest BCUT2D eigenvalue weighted by atomic mass is 15.2. The van der Waals surface area contributed by atoms with Gasteiger partial charge in [-0.1, -0.05) is 144 Å². The molecule has 63 heavy (non-hydrogen) atoms. The van der Waals surface area contributed by atoms with Crippen molar-refractivity contribution in [2.75, 3.05) is 9.80 Å². The van der Waals surface area contributed by atoms with Crippen LogP contribution < -0.4 is 9.80 Å². The maximum atomic E-state index is 9.55. The highest BCUT2D eigenvalue weighted by Crippen LogP contribution is 2.52. The molecular weight excluding hydrogens is 765 g/mol. The molecule has 0 fully saturated rings. The topological polar surface area (TPSA) is 54.1 Å². The number of hydrogen-bond donors (Lipinski definition) is 0. The van der Waals surface area contributed by atoms with Crippen molar-refractivity contribution in [3.8, 4) is 34.4 Å². The third-order valence-corrected chi connectivity index (χ3v) is 13.1. The van der Waals surface area contributed by atoms with E-state index in [0.717, 1.165) is 34.1 Å². The van der Waals surface area contributed by atoms with Gasteiger partial charge in [0.05, 0.1) is 23.6 Å². The van der Waals surface area contributed by atoms with Crippen LogP contribution in [-0.2, 0) is 10.8 Å². The van der Waals surface area contributed by atoms with Gasteiger partial charge in [0, 0.05) is 45.0 Å². The van der Waals surface area contributed by atoms with E-state index in [-0.39, 0.29) is 16.7 Å². The fourth-order valence-corrected chi connectivity index (χ4v) is 9.66. The van der Waals surface area contributed by atoms with Crippen LogP contribution in [0.2, 0.25) is 0 Å². The van der Waals surface area contributed by atoms with Gasteiger partial charge >= 0.3 is 0 Å². The molecule has 0 amide bonds. The van der Waals surface area contributed by atoms with Crippen molar-refractivity contribution in [2.24, 2.45) is 5.92 Å². The number of hydrogen-bond acceptors (Lipinski definition) is 4. The molecule has 3 aliphatic rings. The normalized spacial score (nSPS) is 16.4. The molecule has 4 heteroatoms. The molecule has 3 aliphatic carbocycles. The van der Waals surface area contributed by atoms with Gasteiger partial charge in [-0.3, -0.25) is 0 Å². The number of benzene rings is 6. The van der Waals surface area contributed by atoms with Gasteiger partial charge in [0.2, 0.25) is 0 Å². The van der Waals surface area contributed by atoms with E-state index in [4.69, 9.17) is 0 Å².